The molecule has 9 heteroatoms. The lowest BCUT2D eigenvalue weighted by Gasteiger charge is -2.21. The molecule has 0 aromatic carbocycles. The number of nitrogens with zero attached hydrogens (tertiary/aromatic N) is 2. The summed E-state index contributed by atoms with van der Waals surface area (Å²) in [5.41, 5.74) is 3.63. The molecule has 0 saturated carbocycles. The lowest BCUT2D eigenvalue weighted by molar-refractivity contribution is -0.141. The highest BCUT2D eigenvalue weighted by atomic mass is 19.4. The fourth-order valence-corrected chi connectivity index (χ4v) is 2.35. The monoisotopic (exact) mass is 330 g/mol. The maximum Gasteiger partial charge on any atom is 0.433 e. The lowest BCUT2D eigenvalue weighted by atomic mass is 9.89. The summed E-state index contributed by atoms with van der Waals surface area (Å²) in [6.07, 6.45) is -4.07. The molecular weight excluding hydrogens is 313 g/mol. The second-order valence-electron chi connectivity index (χ2n) is 5.77. The van der Waals surface area contributed by atoms with E-state index in [1.54, 1.807) is 6.92 Å². The van der Waals surface area contributed by atoms with E-state index in [2.05, 4.69) is 10.3 Å². The van der Waals surface area contributed by atoms with Crippen LogP contribution in [0.25, 0.3) is 0 Å². The van der Waals surface area contributed by atoms with E-state index in [9.17, 15) is 22.8 Å². The van der Waals surface area contributed by atoms with Crippen molar-refractivity contribution >= 4 is 11.9 Å². The van der Waals surface area contributed by atoms with Gasteiger partial charge < -0.3 is 16.0 Å². The first-order valence-electron chi connectivity index (χ1n) is 6.98. The summed E-state index contributed by atoms with van der Waals surface area (Å²) in [5.74, 6) is -0.479. The van der Waals surface area contributed by atoms with Gasteiger partial charge in [-0.05, 0) is 25.5 Å². The van der Waals surface area contributed by atoms with Gasteiger partial charge in [0.1, 0.15) is 5.69 Å². The van der Waals surface area contributed by atoms with Crippen molar-refractivity contribution in [2.75, 3.05) is 13.1 Å². The third kappa shape index (κ3) is 3.91. The Bertz CT molecular complexity index is 620. The molecule has 1 atom stereocenters. The zero-order valence-electron chi connectivity index (χ0n) is 12.5. The van der Waals surface area contributed by atoms with Crippen molar-refractivity contribution in [1.29, 1.82) is 0 Å². The number of aromatic nitrogens is 1. The Labute approximate surface area is 130 Å². The molecular formula is C14H17F3N4O2. The number of carbonyl (C=O) groups is 2. The first-order chi connectivity index (χ1) is 10.6. The zero-order valence-corrected chi connectivity index (χ0v) is 12.5. The Morgan fingerprint density at radius 3 is 2.70 bits per heavy atom. The minimum Gasteiger partial charge on any atom is -0.369 e. The van der Waals surface area contributed by atoms with Gasteiger partial charge in [-0.2, -0.15) is 13.2 Å². The molecule has 2 heterocycles. The van der Waals surface area contributed by atoms with Gasteiger partial charge in [-0.25, -0.2) is 9.78 Å². The molecule has 0 aliphatic carbocycles. The number of urea groups is 1. The topological polar surface area (TPSA) is 88.3 Å². The SMILES string of the molecule is CC1(C(N)=O)CCN(C(=O)NCc2cccc(C(F)(F)F)n2)C1. The van der Waals surface area contributed by atoms with Crippen LogP contribution in [0.15, 0.2) is 18.2 Å². The molecule has 0 radical (unpaired) electrons. The van der Waals surface area contributed by atoms with Gasteiger partial charge in [-0.3, -0.25) is 4.79 Å². The van der Waals surface area contributed by atoms with Crippen LogP contribution in [0.1, 0.15) is 24.7 Å². The lowest BCUT2D eigenvalue weighted by Crippen LogP contribution is -2.42. The second kappa shape index (κ2) is 6.05. The summed E-state index contributed by atoms with van der Waals surface area (Å²) in [6.45, 7) is 2.09. The number of amides is 3. The first-order valence-corrected chi connectivity index (χ1v) is 6.98. The number of hydrogen-bond acceptors (Lipinski definition) is 3. The van der Waals surface area contributed by atoms with Crippen LogP contribution >= 0.6 is 0 Å². The molecule has 3 N–H and O–H groups in total. The summed E-state index contributed by atoms with van der Waals surface area (Å²) in [5, 5.41) is 2.50. The molecule has 0 bridgehead atoms. The molecule has 126 valence electrons. The molecule has 1 fully saturated rings. The largest absolute Gasteiger partial charge is 0.433 e. The minimum atomic E-state index is -4.53. The first kappa shape index (κ1) is 17.0. The Hall–Kier alpha value is -2.32. The number of nitrogens with two attached hydrogens (primary N) is 1. The van der Waals surface area contributed by atoms with E-state index in [0.29, 0.717) is 13.0 Å². The number of primary amides is 1. The summed E-state index contributed by atoms with van der Waals surface area (Å²) >= 11 is 0. The predicted molar refractivity (Wildman–Crippen MR) is 75.0 cm³/mol. The quantitative estimate of drug-likeness (QED) is 0.880. The molecule has 1 saturated heterocycles. The van der Waals surface area contributed by atoms with E-state index in [4.69, 9.17) is 5.73 Å². The Morgan fingerprint density at radius 2 is 2.13 bits per heavy atom. The molecule has 1 unspecified atom stereocenters. The Kier molecular flexibility index (Phi) is 4.49. The van der Waals surface area contributed by atoms with E-state index >= 15 is 0 Å². The molecule has 1 aliphatic rings. The standard InChI is InChI=1S/C14H17F3N4O2/c1-13(11(18)22)5-6-21(8-13)12(23)19-7-9-3-2-4-10(20-9)14(15,16)17/h2-4H,5-8H2,1H3,(H2,18,22)(H,19,23). The van der Waals surface area contributed by atoms with Gasteiger partial charge in [0.15, 0.2) is 0 Å². The fourth-order valence-electron chi connectivity index (χ4n) is 2.35. The van der Waals surface area contributed by atoms with Crippen molar-refractivity contribution in [2.24, 2.45) is 11.1 Å². The van der Waals surface area contributed by atoms with Gasteiger partial charge in [0.2, 0.25) is 5.91 Å². The number of halogens is 3. The number of pyridine rings is 1. The molecule has 23 heavy (non-hydrogen) atoms. The number of alkyl halides is 3. The van der Waals surface area contributed by atoms with Crippen LogP contribution in [-0.4, -0.2) is 34.9 Å². The minimum absolute atomic E-state index is 0.102. The van der Waals surface area contributed by atoms with Crippen molar-refractivity contribution in [3.8, 4) is 0 Å². The maximum atomic E-state index is 12.6. The summed E-state index contributed by atoms with van der Waals surface area (Å²) in [7, 11) is 0. The van der Waals surface area contributed by atoms with Gasteiger partial charge >= 0.3 is 12.2 Å². The molecule has 6 nitrogen and oxygen atoms in total. The third-order valence-corrected chi connectivity index (χ3v) is 3.87. The van der Waals surface area contributed by atoms with Gasteiger partial charge in [-0.1, -0.05) is 6.07 Å². The smallest absolute Gasteiger partial charge is 0.369 e. The molecule has 1 aromatic heterocycles. The van der Waals surface area contributed by atoms with E-state index in [1.165, 1.54) is 17.0 Å². The average Bonchev–Trinajstić information content (AvgIpc) is 2.88. The highest BCUT2D eigenvalue weighted by molar-refractivity contribution is 5.83. The fraction of sp³-hybridized carbons (Fsp3) is 0.500. The normalized spacial score (nSPS) is 21.3. The van der Waals surface area contributed by atoms with Crippen LogP contribution < -0.4 is 11.1 Å². The van der Waals surface area contributed by atoms with Crippen molar-refractivity contribution in [3.63, 3.8) is 0 Å². The van der Waals surface area contributed by atoms with E-state index < -0.39 is 29.2 Å². The van der Waals surface area contributed by atoms with Gasteiger partial charge in [0.25, 0.3) is 0 Å². The summed E-state index contributed by atoms with van der Waals surface area (Å²) in [6, 6.07) is 3.03. The molecule has 1 aliphatic heterocycles. The van der Waals surface area contributed by atoms with Crippen LogP contribution in [0.4, 0.5) is 18.0 Å². The van der Waals surface area contributed by atoms with Crippen molar-refractivity contribution in [1.82, 2.24) is 15.2 Å². The van der Waals surface area contributed by atoms with Crippen molar-refractivity contribution < 1.29 is 22.8 Å². The molecule has 2 rings (SSSR count). The van der Waals surface area contributed by atoms with Gasteiger partial charge in [0.05, 0.1) is 17.7 Å². The van der Waals surface area contributed by atoms with E-state index in [1.807, 2.05) is 0 Å². The number of rotatable bonds is 3. The van der Waals surface area contributed by atoms with Crippen LogP contribution in [0.5, 0.6) is 0 Å². The third-order valence-electron chi connectivity index (χ3n) is 3.87. The number of carbonyl (C=O) groups excluding carboxylic acids is 2. The second-order valence-corrected chi connectivity index (χ2v) is 5.77. The van der Waals surface area contributed by atoms with Crippen molar-refractivity contribution in [2.45, 2.75) is 26.1 Å². The average molecular weight is 330 g/mol. The number of hydrogen-bond donors (Lipinski definition) is 2. The van der Waals surface area contributed by atoms with Gasteiger partial charge in [0, 0.05) is 13.1 Å². The maximum absolute atomic E-state index is 12.6. The molecule has 3 amide bonds. The molecule has 0 spiro atoms. The molecule has 1 aromatic rings. The number of likely N-dealkylation sites (tertiary alicyclic amines) is 1. The van der Waals surface area contributed by atoms with E-state index in [-0.39, 0.29) is 18.8 Å². The van der Waals surface area contributed by atoms with Gasteiger partial charge in [-0.15, -0.1) is 0 Å². The summed E-state index contributed by atoms with van der Waals surface area (Å²) in [4.78, 5) is 28.3. The zero-order chi connectivity index (χ0) is 17.3. The van der Waals surface area contributed by atoms with Crippen molar-refractivity contribution in [3.05, 3.63) is 29.6 Å². The Balaban J connectivity index is 1.94. The van der Waals surface area contributed by atoms with Crippen LogP contribution in [0.3, 0.4) is 0 Å². The highest BCUT2D eigenvalue weighted by Crippen LogP contribution is 2.29. The van der Waals surface area contributed by atoms with Crippen LogP contribution in [0, 0.1) is 5.41 Å². The highest BCUT2D eigenvalue weighted by Gasteiger charge is 2.40. The predicted octanol–water partition coefficient (Wildman–Crippen LogP) is 1.51. The van der Waals surface area contributed by atoms with E-state index in [0.717, 1.165) is 6.07 Å². The summed E-state index contributed by atoms with van der Waals surface area (Å²) < 4.78 is 37.7. The number of nitrogens with one attached hydrogen (secondary N) is 1. The Morgan fingerprint density at radius 1 is 1.43 bits per heavy atom. The van der Waals surface area contributed by atoms with Crippen LogP contribution in [-0.2, 0) is 17.5 Å². The van der Waals surface area contributed by atoms with Crippen LogP contribution in [0.2, 0.25) is 0 Å².